The Morgan fingerprint density at radius 1 is 1.32 bits per heavy atom. The molecule has 0 aliphatic carbocycles. The second-order valence-corrected chi connectivity index (χ2v) is 4.95. The highest BCUT2D eigenvalue weighted by atomic mass is 15.2. The van der Waals surface area contributed by atoms with E-state index in [1.165, 1.54) is 0 Å². The number of rotatable bonds is 4. The Kier molecular flexibility index (Phi) is 4.61. The molecule has 5 nitrogen and oxygen atoms in total. The minimum atomic E-state index is 0.532. The van der Waals surface area contributed by atoms with E-state index in [0.717, 1.165) is 45.0 Å². The normalized spacial score (nSPS) is 17.1. The molecule has 1 aliphatic rings. The molecule has 1 heterocycles. The molecule has 19 heavy (non-hydrogen) atoms. The maximum absolute atomic E-state index is 8.93. The number of anilines is 2. The Morgan fingerprint density at radius 3 is 2.74 bits per heavy atom. The third-order valence-corrected chi connectivity index (χ3v) is 3.57. The Morgan fingerprint density at radius 2 is 2.05 bits per heavy atom. The number of hydrogen-bond acceptors (Lipinski definition) is 5. The molecule has 1 aliphatic heterocycles. The molecule has 1 saturated heterocycles. The van der Waals surface area contributed by atoms with Gasteiger partial charge in [-0.25, -0.2) is 0 Å². The van der Waals surface area contributed by atoms with Crippen molar-refractivity contribution in [1.29, 1.82) is 5.26 Å². The number of piperazine rings is 1. The molecule has 1 aromatic carbocycles. The molecular weight excluding hydrogens is 238 g/mol. The first-order chi connectivity index (χ1) is 9.20. The van der Waals surface area contributed by atoms with E-state index >= 15 is 0 Å². The average Bonchev–Trinajstić information content (AvgIpc) is 2.43. The van der Waals surface area contributed by atoms with Crippen LogP contribution in [0.5, 0.6) is 0 Å². The summed E-state index contributed by atoms with van der Waals surface area (Å²) in [7, 11) is 2.16. The van der Waals surface area contributed by atoms with Gasteiger partial charge in [-0.05, 0) is 19.2 Å². The summed E-state index contributed by atoms with van der Waals surface area (Å²) >= 11 is 0. The fraction of sp³-hybridized carbons (Fsp3) is 0.500. The summed E-state index contributed by atoms with van der Waals surface area (Å²) in [6.07, 6.45) is 0. The Bertz CT molecular complexity index is 457. The van der Waals surface area contributed by atoms with E-state index in [1.807, 2.05) is 12.1 Å². The van der Waals surface area contributed by atoms with Gasteiger partial charge in [0.05, 0.1) is 16.9 Å². The minimum Gasteiger partial charge on any atom is -0.396 e. The van der Waals surface area contributed by atoms with Crippen molar-refractivity contribution in [1.82, 2.24) is 9.80 Å². The SMILES string of the molecule is CN1CCN(CCNc2cccc(C#N)c2N)CC1. The van der Waals surface area contributed by atoms with Gasteiger partial charge in [-0.3, -0.25) is 4.90 Å². The van der Waals surface area contributed by atoms with Crippen molar-refractivity contribution in [3.63, 3.8) is 0 Å². The molecular formula is C14H21N5. The van der Waals surface area contributed by atoms with Gasteiger partial charge in [-0.2, -0.15) is 5.26 Å². The predicted molar refractivity (Wildman–Crippen MR) is 78.0 cm³/mol. The third kappa shape index (κ3) is 3.60. The number of para-hydroxylation sites is 1. The number of hydrogen-bond donors (Lipinski definition) is 2. The van der Waals surface area contributed by atoms with Gasteiger partial charge in [0.1, 0.15) is 6.07 Å². The zero-order valence-corrected chi connectivity index (χ0v) is 11.4. The van der Waals surface area contributed by atoms with E-state index in [9.17, 15) is 0 Å². The lowest BCUT2D eigenvalue weighted by atomic mass is 10.1. The molecule has 3 N–H and O–H groups in total. The summed E-state index contributed by atoms with van der Waals surface area (Å²) in [5, 5.41) is 12.2. The summed E-state index contributed by atoms with van der Waals surface area (Å²) in [6.45, 7) is 6.35. The van der Waals surface area contributed by atoms with Gasteiger partial charge in [0.2, 0.25) is 0 Å². The summed E-state index contributed by atoms with van der Waals surface area (Å²) in [5.41, 5.74) is 7.86. The molecule has 0 radical (unpaired) electrons. The number of likely N-dealkylation sites (N-methyl/N-ethyl adjacent to an activating group) is 1. The number of nitrogen functional groups attached to an aromatic ring is 1. The summed E-state index contributed by atoms with van der Waals surface area (Å²) < 4.78 is 0. The average molecular weight is 259 g/mol. The maximum atomic E-state index is 8.93. The van der Waals surface area contributed by atoms with Gasteiger partial charge in [-0.1, -0.05) is 6.07 Å². The Hall–Kier alpha value is -1.77. The first-order valence-corrected chi connectivity index (χ1v) is 6.64. The topological polar surface area (TPSA) is 68.3 Å². The molecule has 5 heteroatoms. The summed E-state index contributed by atoms with van der Waals surface area (Å²) in [4.78, 5) is 4.79. The van der Waals surface area contributed by atoms with Gasteiger partial charge >= 0.3 is 0 Å². The van der Waals surface area contributed by atoms with Gasteiger partial charge < -0.3 is 16.0 Å². The molecule has 0 amide bonds. The minimum absolute atomic E-state index is 0.532. The van der Waals surface area contributed by atoms with Crippen molar-refractivity contribution >= 4 is 11.4 Å². The number of benzene rings is 1. The quantitative estimate of drug-likeness (QED) is 0.783. The zero-order valence-electron chi connectivity index (χ0n) is 11.4. The van der Waals surface area contributed by atoms with Crippen molar-refractivity contribution in [3.05, 3.63) is 23.8 Å². The van der Waals surface area contributed by atoms with Crippen LogP contribution < -0.4 is 11.1 Å². The monoisotopic (exact) mass is 259 g/mol. The van der Waals surface area contributed by atoms with Gasteiger partial charge in [-0.15, -0.1) is 0 Å². The van der Waals surface area contributed by atoms with Crippen LogP contribution >= 0.6 is 0 Å². The van der Waals surface area contributed by atoms with Crippen LogP contribution in [0.15, 0.2) is 18.2 Å². The van der Waals surface area contributed by atoms with Crippen molar-refractivity contribution in [2.24, 2.45) is 0 Å². The molecule has 1 aromatic rings. The first-order valence-electron chi connectivity index (χ1n) is 6.64. The van der Waals surface area contributed by atoms with Crippen LogP contribution in [0.1, 0.15) is 5.56 Å². The molecule has 0 atom stereocenters. The number of nitrogens with two attached hydrogens (primary N) is 1. The van der Waals surface area contributed by atoms with E-state index in [-0.39, 0.29) is 0 Å². The van der Waals surface area contributed by atoms with Crippen LogP contribution in [0.25, 0.3) is 0 Å². The van der Waals surface area contributed by atoms with Crippen LogP contribution in [-0.4, -0.2) is 56.1 Å². The fourth-order valence-electron chi connectivity index (χ4n) is 2.24. The van der Waals surface area contributed by atoms with E-state index in [2.05, 4.69) is 28.2 Å². The van der Waals surface area contributed by atoms with Gasteiger partial charge in [0.15, 0.2) is 0 Å². The highest BCUT2D eigenvalue weighted by Gasteiger charge is 2.13. The van der Waals surface area contributed by atoms with Crippen molar-refractivity contribution in [2.45, 2.75) is 0 Å². The molecule has 0 bridgehead atoms. The predicted octanol–water partition coefficient (Wildman–Crippen LogP) is 0.800. The molecule has 0 unspecified atom stereocenters. The van der Waals surface area contributed by atoms with Crippen LogP contribution in [0.4, 0.5) is 11.4 Å². The first kappa shape index (κ1) is 13.7. The number of nitrogens with one attached hydrogen (secondary N) is 1. The van der Waals surface area contributed by atoms with Crippen LogP contribution in [0.3, 0.4) is 0 Å². The maximum Gasteiger partial charge on any atom is 0.101 e. The number of nitrogens with zero attached hydrogens (tertiary/aromatic N) is 3. The Balaban J connectivity index is 1.81. The van der Waals surface area contributed by atoms with Crippen LogP contribution in [0.2, 0.25) is 0 Å². The molecule has 2 rings (SSSR count). The smallest absolute Gasteiger partial charge is 0.101 e. The van der Waals surface area contributed by atoms with Gasteiger partial charge in [0.25, 0.3) is 0 Å². The second-order valence-electron chi connectivity index (χ2n) is 4.95. The third-order valence-electron chi connectivity index (χ3n) is 3.57. The van der Waals surface area contributed by atoms with Gasteiger partial charge in [0, 0.05) is 39.3 Å². The molecule has 0 saturated carbocycles. The molecule has 102 valence electrons. The fourth-order valence-corrected chi connectivity index (χ4v) is 2.24. The van der Waals surface area contributed by atoms with E-state index in [0.29, 0.717) is 11.3 Å². The molecule has 1 fully saturated rings. The van der Waals surface area contributed by atoms with E-state index < -0.39 is 0 Å². The zero-order chi connectivity index (χ0) is 13.7. The Labute approximate surface area is 114 Å². The second kappa shape index (κ2) is 6.41. The van der Waals surface area contributed by atoms with Crippen molar-refractivity contribution in [2.75, 3.05) is 57.4 Å². The standard InChI is InChI=1S/C14H21N5/c1-18-7-9-19(10-8-18)6-5-17-13-4-2-3-12(11-15)14(13)16/h2-4,17H,5-10,16H2,1H3. The molecule has 0 spiro atoms. The van der Waals surface area contributed by atoms with E-state index in [4.69, 9.17) is 11.0 Å². The lowest BCUT2D eigenvalue weighted by Gasteiger charge is -2.32. The number of nitriles is 1. The summed E-state index contributed by atoms with van der Waals surface area (Å²) in [6, 6.07) is 7.61. The highest BCUT2D eigenvalue weighted by molar-refractivity contribution is 5.72. The van der Waals surface area contributed by atoms with Crippen molar-refractivity contribution in [3.8, 4) is 6.07 Å². The van der Waals surface area contributed by atoms with E-state index in [1.54, 1.807) is 6.07 Å². The van der Waals surface area contributed by atoms with Crippen LogP contribution in [0, 0.1) is 11.3 Å². The summed E-state index contributed by atoms with van der Waals surface area (Å²) in [5.74, 6) is 0. The largest absolute Gasteiger partial charge is 0.396 e. The molecule has 0 aromatic heterocycles. The van der Waals surface area contributed by atoms with Crippen LogP contribution in [-0.2, 0) is 0 Å². The highest BCUT2D eigenvalue weighted by Crippen LogP contribution is 2.21. The lowest BCUT2D eigenvalue weighted by molar-refractivity contribution is 0.158. The lowest BCUT2D eigenvalue weighted by Crippen LogP contribution is -2.45. The van der Waals surface area contributed by atoms with Crippen molar-refractivity contribution < 1.29 is 0 Å².